The Bertz CT molecular complexity index is 1320. The fraction of sp³-hybridized carbons (Fsp3) is 0.500. The summed E-state index contributed by atoms with van der Waals surface area (Å²) in [7, 11) is -5.08. The highest BCUT2D eigenvalue weighted by Gasteiger charge is 2.56. The predicted molar refractivity (Wildman–Crippen MR) is 125 cm³/mol. The summed E-state index contributed by atoms with van der Waals surface area (Å²) in [5.74, 6) is -2.57. The molecule has 0 radical (unpaired) electrons. The Morgan fingerprint density at radius 2 is 1.87 bits per heavy atom. The molecule has 0 amide bonds. The van der Waals surface area contributed by atoms with Gasteiger partial charge in [-0.25, -0.2) is 9.36 Å². The number of hydrogen-bond donors (Lipinski definition) is 3. The summed E-state index contributed by atoms with van der Waals surface area (Å²) < 4.78 is 90.8. The van der Waals surface area contributed by atoms with E-state index in [-0.39, 0.29) is 5.75 Å². The molecule has 1 unspecified atom stereocenters. The number of nitrogens with zero attached hydrogens (tertiary/aromatic N) is 1. The van der Waals surface area contributed by atoms with Crippen LogP contribution in [0.1, 0.15) is 33.4 Å². The first-order chi connectivity index (χ1) is 18.1. The summed E-state index contributed by atoms with van der Waals surface area (Å²) in [6, 6.07) is 5.50. The maximum absolute atomic E-state index is 14.2. The van der Waals surface area contributed by atoms with Crippen molar-refractivity contribution in [3.63, 3.8) is 0 Å². The molecule has 1 saturated heterocycles. The lowest BCUT2D eigenvalue weighted by Crippen LogP contribution is -2.48. The smallest absolute Gasteiger partial charge is 0.460 e. The molecule has 1 fully saturated rings. The van der Waals surface area contributed by atoms with E-state index in [1.165, 1.54) is 38.1 Å². The highest BCUT2D eigenvalue weighted by Crippen LogP contribution is 2.50. The number of aliphatic hydroxyl groups excluding tert-OH is 1. The van der Waals surface area contributed by atoms with Crippen LogP contribution in [0.5, 0.6) is 5.75 Å². The standard InChI is InChI=1S/C22H26F4N3O9P/c1-11(2)35-20(32)12(3)28-39(34,37-13-7-5-4-6-8-13)38-18(22(24,25)26)17-15(30)9-16(36-17)29-10-14(23)19(31)27-21(29)33/h4-8,10-12,15-18,30H,9H2,1-3H3,(H,28,34)(H,27,31,33)/t12-,15?,16+,17-,18-,39-/m0/s1. The van der Waals surface area contributed by atoms with Gasteiger partial charge in [-0.3, -0.25) is 23.7 Å². The van der Waals surface area contributed by atoms with Crippen LogP contribution in [-0.4, -0.2) is 57.3 Å². The van der Waals surface area contributed by atoms with Gasteiger partial charge in [0.25, 0.3) is 5.56 Å². The third-order valence-corrected chi connectivity index (χ3v) is 6.93. The highest BCUT2D eigenvalue weighted by molar-refractivity contribution is 7.52. The molecule has 2 aromatic rings. The van der Waals surface area contributed by atoms with Crippen LogP contribution in [0, 0.1) is 5.82 Å². The van der Waals surface area contributed by atoms with Crippen LogP contribution in [0.4, 0.5) is 17.6 Å². The molecule has 2 heterocycles. The maximum Gasteiger partial charge on any atom is 0.460 e. The van der Waals surface area contributed by atoms with Crippen LogP contribution in [-0.2, 0) is 23.4 Å². The fourth-order valence-corrected chi connectivity index (χ4v) is 5.25. The Morgan fingerprint density at radius 3 is 2.46 bits per heavy atom. The molecular weight excluding hydrogens is 557 g/mol. The van der Waals surface area contributed by atoms with Gasteiger partial charge in [-0.15, -0.1) is 0 Å². The molecule has 1 aromatic carbocycles. The van der Waals surface area contributed by atoms with E-state index in [2.05, 4.69) is 5.09 Å². The predicted octanol–water partition coefficient (Wildman–Crippen LogP) is 2.39. The minimum absolute atomic E-state index is 0.181. The fourth-order valence-electron chi connectivity index (χ4n) is 3.57. The monoisotopic (exact) mass is 583 g/mol. The van der Waals surface area contributed by atoms with Crippen molar-refractivity contribution in [1.82, 2.24) is 14.6 Å². The van der Waals surface area contributed by atoms with E-state index >= 15 is 0 Å². The van der Waals surface area contributed by atoms with Crippen LogP contribution in [0.2, 0.25) is 0 Å². The number of benzene rings is 1. The van der Waals surface area contributed by atoms with Crippen molar-refractivity contribution in [2.45, 2.75) is 70.1 Å². The van der Waals surface area contributed by atoms with Gasteiger partial charge in [-0.1, -0.05) is 18.2 Å². The quantitative estimate of drug-likeness (QED) is 0.216. The molecule has 0 spiro atoms. The normalized spacial score (nSPS) is 22.7. The molecule has 1 aliphatic rings. The zero-order valence-electron chi connectivity index (χ0n) is 20.8. The largest absolute Gasteiger partial charge is 0.462 e. The number of carbonyl (C=O) groups is 1. The second-order valence-electron chi connectivity index (χ2n) is 8.81. The Kier molecular flexibility index (Phi) is 9.39. The number of carbonyl (C=O) groups excluding carboxylic acids is 1. The van der Waals surface area contributed by atoms with Gasteiger partial charge < -0.3 is 19.1 Å². The molecule has 216 valence electrons. The van der Waals surface area contributed by atoms with E-state index in [4.69, 9.17) is 18.5 Å². The maximum atomic E-state index is 14.2. The average molecular weight is 583 g/mol. The van der Waals surface area contributed by atoms with Crippen LogP contribution in [0.15, 0.2) is 46.1 Å². The van der Waals surface area contributed by atoms with Crippen molar-refractivity contribution in [2.24, 2.45) is 0 Å². The zero-order chi connectivity index (χ0) is 29.1. The summed E-state index contributed by atoms with van der Waals surface area (Å²) in [5, 5.41) is 12.5. The Balaban J connectivity index is 1.94. The third-order valence-electron chi connectivity index (χ3n) is 5.27. The van der Waals surface area contributed by atoms with Crippen molar-refractivity contribution in [1.29, 1.82) is 0 Å². The SMILES string of the molecule is CC(C)OC(=O)[C@H](C)N[P@](=O)(Oc1ccccc1)O[C@@H]([C@H]1O[C@@H](n2cc(F)c(=O)[nH]c2=O)CC1O)C(F)(F)F. The molecule has 39 heavy (non-hydrogen) atoms. The van der Waals surface area contributed by atoms with Gasteiger partial charge in [-0.2, -0.15) is 22.6 Å². The molecule has 3 rings (SSSR count). The van der Waals surface area contributed by atoms with Gasteiger partial charge in [0, 0.05) is 6.42 Å². The number of aromatic amines is 1. The summed E-state index contributed by atoms with van der Waals surface area (Å²) in [6.45, 7) is 4.21. The van der Waals surface area contributed by atoms with Crippen molar-refractivity contribution in [3.05, 3.63) is 63.2 Å². The number of para-hydroxylation sites is 1. The van der Waals surface area contributed by atoms with E-state index in [1.807, 2.05) is 0 Å². The third kappa shape index (κ3) is 7.76. The average Bonchev–Trinajstić information content (AvgIpc) is 3.20. The van der Waals surface area contributed by atoms with E-state index in [0.29, 0.717) is 10.8 Å². The number of rotatable bonds is 10. The number of alkyl halides is 3. The van der Waals surface area contributed by atoms with Crippen LogP contribution in [0.25, 0.3) is 0 Å². The van der Waals surface area contributed by atoms with Crippen LogP contribution in [0.3, 0.4) is 0 Å². The second-order valence-corrected chi connectivity index (χ2v) is 10.5. The molecule has 0 bridgehead atoms. The first-order valence-electron chi connectivity index (χ1n) is 11.5. The number of ether oxygens (including phenoxy) is 2. The first-order valence-corrected chi connectivity index (χ1v) is 13.1. The lowest BCUT2D eigenvalue weighted by Gasteiger charge is -2.31. The molecule has 17 heteroatoms. The molecular formula is C22H26F4N3O9P. The van der Waals surface area contributed by atoms with Crippen LogP contribution >= 0.6 is 7.75 Å². The van der Waals surface area contributed by atoms with Gasteiger partial charge in [0.15, 0.2) is 6.10 Å². The Hall–Kier alpha value is -3.04. The van der Waals surface area contributed by atoms with E-state index in [9.17, 15) is 41.6 Å². The number of esters is 1. The number of nitrogens with one attached hydrogen (secondary N) is 2. The molecule has 1 aliphatic heterocycles. The minimum Gasteiger partial charge on any atom is -0.462 e. The summed E-state index contributed by atoms with van der Waals surface area (Å²) >= 11 is 0. The van der Waals surface area contributed by atoms with Gasteiger partial charge in [0.2, 0.25) is 5.82 Å². The lowest BCUT2D eigenvalue weighted by molar-refractivity contribution is -0.237. The number of aliphatic hydroxyl groups is 1. The molecule has 0 aliphatic carbocycles. The molecule has 6 atom stereocenters. The first kappa shape index (κ1) is 30.5. The second kappa shape index (κ2) is 12.0. The van der Waals surface area contributed by atoms with Gasteiger partial charge >= 0.3 is 25.6 Å². The summed E-state index contributed by atoms with van der Waals surface area (Å²) in [5.41, 5.74) is -2.57. The Morgan fingerprint density at radius 1 is 1.23 bits per heavy atom. The molecule has 3 N–H and O–H groups in total. The highest BCUT2D eigenvalue weighted by atomic mass is 31.2. The molecule has 12 nitrogen and oxygen atoms in total. The van der Waals surface area contributed by atoms with E-state index < -0.39 is 80.1 Å². The minimum atomic E-state index is -5.33. The van der Waals surface area contributed by atoms with E-state index in [1.54, 1.807) is 11.1 Å². The summed E-state index contributed by atoms with van der Waals surface area (Å²) in [6.07, 6.45) is -15.2. The number of halogens is 4. The van der Waals surface area contributed by atoms with E-state index in [0.717, 1.165) is 6.92 Å². The van der Waals surface area contributed by atoms with Gasteiger partial charge in [-0.05, 0) is 32.9 Å². The van der Waals surface area contributed by atoms with Crippen molar-refractivity contribution in [2.75, 3.05) is 0 Å². The van der Waals surface area contributed by atoms with Gasteiger partial charge in [0.1, 0.15) is 24.1 Å². The number of aromatic nitrogens is 2. The number of H-pyrrole nitrogens is 1. The summed E-state index contributed by atoms with van der Waals surface area (Å²) in [4.78, 5) is 37.2. The molecule has 1 aromatic heterocycles. The zero-order valence-corrected chi connectivity index (χ0v) is 21.6. The van der Waals surface area contributed by atoms with Crippen molar-refractivity contribution in [3.8, 4) is 5.75 Å². The Labute approximate surface area is 218 Å². The molecule has 0 saturated carbocycles. The lowest BCUT2D eigenvalue weighted by atomic mass is 10.1. The van der Waals surface area contributed by atoms with Crippen molar-refractivity contribution >= 4 is 13.7 Å². The topological polar surface area (TPSA) is 158 Å². The van der Waals surface area contributed by atoms with Gasteiger partial charge in [0.05, 0.1) is 18.4 Å². The number of hydrogen-bond acceptors (Lipinski definition) is 9. The van der Waals surface area contributed by atoms with Crippen LogP contribution < -0.4 is 20.9 Å². The van der Waals surface area contributed by atoms with Crippen molar-refractivity contribution < 1.29 is 50.5 Å².